The molecule has 30 heavy (non-hydrogen) atoms. The topological polar surface area (TPSA) is 52.6 Å². The molecule has 6 nitrogen and oxygen atoms in total. The lowest BCUT2D eigenvalue weighted by Gasteiger charge is -2.36. The van der Waals surface area contributed by atoms with E-state index in [2.05, 4.69) is 31.9 Å². The fraction of sp³-hybridized carbons (Fsp3) is 0.292. The van der Waals surface area contributed by atoms with Crippen molar-refractivity contribution in [1.29, 1.82) is 0 Å². The molecule has 2 aromatic heterocycles. The first-order chi connectivity index (χ1) is 14.8. The van der Waals surface area contributed by atoms with E-state index < -0.39 is 0 Å². The fourth-order valence-corrected chi connectivity index (χ4v) is 4.35. The van der Waals surface area contributed by atoms with E-state index in [1.54, 1.807) is 6.20 Å². The molecule has 152 valence electrons. The van der Waals surface area contributed by atoms with Crippen LogP contribution in [0.2, 0.25) is 0 Å². The first kappa shape index (κ1) is 18.6. The van der Waals surface area contributed by atoms with Gasteiger partial charge in [0, 0.05) is 56.5 Å². The van der Waals surface area contributed by atoms with Crippen molar-refractivity contribution in [3.8, 4) is 0 Å². The molecule has 1 fully saturated rings. The summed E-state index contributed by atoms with van der Waals surface area (Å²) in [5, 5.41) is 0. The van der Waals surface area contributed by atoms with E-state index in [9.17, 15) is 4.79 Å². The molecule has 0 unspecified atom stereocenters. The minimum absolute atomic E-state index is 0.0175. The second-order valence-corrected chi connectivity index (χ2v) is 7.75. The average molecular weight is 399 g/mol. The van der Waals surface area contributed by atoms with Gasteiger partial charge < -0.3 is 14.7 Å². The van der Waals surface area contributed by atoms with E-state index >= 15 is 0 Å². The Bertz CT molecular complexity index is 1030. The molecule has 0 saturated carbocycles. The van der Waals surface area contributed by atoms with Crippen LogP contribution in [-0.2, 0) is 6.42 Å². The van der Waals surface area contributed by atoms with Gasteiger partial charge in [-0.3, -0.25) is 9.78 Å². The zero-order chi connectivity index (χ0) is 20.3. The number of pyridine rings is 2. The monoisotopic (exact) mass is 399 g/mol. The Balaban J connectivity index is 1.31. The maximum absolute atomic E-state index is 13.3. The smallest absolute Gasteiger partial charge is 0.276 e. The van der Waals surface area contributed by atoms with Crippen LogP contribution in [0.3, 0.4) is 0 Å². The first-order valence-corrected chi connectivity index (χ1v) is 10.6. The summed E-state index contributed by atoms with van der Waals surface area (Å²) in [6.45, 7) is 4.33. The largest absolute Gasteiger partial charge is 0.368 e. The van der Waals surface area contributed by atoms with Gasteiger partial charge >= 0.3 is 0 Å². The van der Waals surface area contributed by atoms with Gasteiger partial charge in [0.15, 0.2) is 0 Å². The molecule has 0 bridgehead atoms. The van der Waals surface area contributed by atoms with Crippen molar-refractivity contribution in [3.05, 3.63) is 78.2 Å². The van der Waals surface area contributed by atoms with E-state index in [0.29, 0.717) is 5.69 Å². The van der Waals surface area contributed by atoms with Crippen LogP contribution >= 0.6 is 0 Å². The number of rotatable bonds is 3. The van der Waals surface area contributed by atoms with E-state index in [0.717, 1.165) is 62.8 Å². The number of para-hydroxylation sites is 1. The molecular formula is C24H25N5O. The molecule has 0 spiro atoms. The summed E-state index contributed by atoms with van der Waals surface area (Å²) >= 11 is 0. The number of amides is 1. The van der Waals surface area contributed by atoms with Gasteiger partial charge in [0.25, 0.3) is 5.91 Å². The zero-order valence-corrected chi connectivity index (χ0v) is 16.9. The number of fused-ring (bicyclic) bond motifs is 1. The minimum atomic E-state index is -0.0175. The number of hydrogen-bond donors (Lipinski definition) is 0. The lowest BCUT2D eigenvalue weighted by molar-refractivity contribution is 0.0980. The number of aromatic nitrogens is 2. The quantitative estimate of drug-likeness (QED) is 0.676. The molecule has 6 heteroatoms. The molecular weight excluding hydrogens is 374 g/mol. The molecule has 2 aliphatic rings. The van der Waals surface area contributed by atoms with Crippen LogP contribution in [0.15, 0.2) is 67.0 Å². The van der Waals surface area contributed by atoms with Gasteiger partial charge in [-0.1, -0.05) is 24.3 Å². The zero-order valence-electron chi connectivity index (χ0n) is 16.9. The number of piperazine rings is 1. The standard InChI is InChI=1S/C24H25N5O/c30-24(29-13-5-7-19-6-1-2-8-22(19)29)21-18-20(10-12-25-21)27-14-16-28(17-15-27)23-9-3-4-11-26-23/h1-4,6,8-12,18H,5,7,13-17H2. The highest BCUT2D eigenvalue weighted by molar-refractivity contribution is 6.05. The van der Waals surface area contributed by atoms with Crippen molar-refractivity contribution in [2.24, 2.45) is 0 Å². The molecule has 0 aliphatic carbocycles. The molecule has 3 aromatic rings. The summed E-state index contributed by atoms with van der Waals surface area (Å²) in [6, 6.07) is 18.1. The van der Waals surface area contributed by atoms with Crippen molar-refractivity contribution in [1.82, 2.24) is 9.97 Å². The number of carbonyl (C=O) groups excluding carboxylic acids is 1. The average Bonchev–Trinajstić information content (AvgIpc) is 2.84. The first-order valence-electron chi connectivity index (χ1n) is 10.6. The summed E-state index contributed by atoms with van der Waals surface area (Å²) in [4.78, 5) is 28.6. The Morgan fingerprint density at radius 3 is 2.43 bits per heavy atom. The van der Waals surface area contributed by atoms with Crippen molar-refractivity contribution >= 4 is 23.1 Å². The predicted octanol–water partition coefficient (Wildman–Crippen LogP) is 3.40. The van der Waals surface area contributed by atoms with E-state index in [1.807, 2.05) is 53.6 Å². The molecule has 1 saturated heterocycles. The normalized spacial score (nSPS) is 16.3. The number of anilines is 3. The van der Waals surface area contributed by atoms with Gasteiger partial charge in [0.2, 0.25) is 0 Å². The van der Waals surface area contributed by atoms with Crippen LogP contribution < -0.4 is 14.7 Å². The van der Waals surface area contributed by atoms with Gasteiger partial charge in [-0.25, -0.2) is 4.98 Å². The van der Waals surface area contributed by atoms with Crippen LogP contribution in [0.4, 0.5) is 17.2 Å². The highest BCUT2D eigenvalue weighted by Crippen LogP contribution is 2.28. The molecule has 0 atom stereocenters. The van der Waals surface area contributed by atoms with Crippen LogP contribution in [-0.4, -0.2) is 48.6 Å². The molecule has 1 aromatic carbocycles. The summed E-state index contributed by atoms with van der Waals surface area (Å²) in [7, 11) is 0. The van der Waals surface area contributed by atoms with Crippen LogP contribution in [0.1, 0.15) is 22.5 Å². The number of hydrogen-bond acceptors (Lipinski definition) is 5. The van der Waals surface area contributed by atoms with Crippen molar-refractivity contribution in [2.45, 2.75) is 12.8 Å². The molecule has 1 amide bonds. The van der Waals surface area contributed by atoms with Gasteiger partial charge in [0.1, 0.15) is 11.5 Å². The van der Waals surface area contributed by atoms with Crippen molar-refractivity contribution < 1.29 is 4.79 Å². The molecule has 4 heterocycles. The van der Waals surface area contributed by atoms with Crippen LogP contribution in [0.5, 0.6) is 0 Å². The Labute approximate surface area is 176 Å². The van der Waals surface area contributed by atoms with Gasteiger partial charge in [-0.05, 0) is 48.7 Å². The lowest BCUT2D eigenvalue weighted by atomic mass is 10.0. The maximum Gasteiger partial charge on any atom is 0.276 e. The Hall–Kier alpha value is -3.41. The number of nitrogens with zero attached hydrogens (tertiary/aromatic N) is 5. The molecule has 0 radical (unpaired) electrons. The lowest BCUT2D eigenvalue weighted by Crippen LogP contribution is -2.47. The second-order valence-electron chi connectivity index (χ2n) is 7.75. The molecule has 0 N–H and O–H groups in total. The summed E-state index contributed by atoms with van der Waals surface area (Å²) in [6.07, 6.45) is 5.59. The summed E-state index contributed by atoms with van der Waals surface area (Å²) in [5.74, 6) is 1.00. The SMILES string of the molecule is O=C(c1cc(N2CCN(c3ccccn3)CC2)ccn1)N1CCCc2ccccc21. The van der Waals surface area contributed by atoms with E-state index in [4.69, 9.17) is 0 Å². The maximum atomic E-state index is 13.3. The van der Waals surface area contributed by atoms with Gasteiger partial charge in [0.05, 0.1) is 0 Å². The molecule has 5 rings (SSSR count). The Morgan fingerprint density at radius 2 is 1.60 bits per heavy atom. The van der Waals surface area contributed by atoms with Crippen molar-refractivity contribution in [3.63, 3.8) is 0 Å². The van der Waals surface area contributed by atoms with Crippen LogP contribution in [0.25, 0.3) is 0 Å². The summed E-state index contributed by atoms with van der Waals surface area (Å²) in [5.41, 5.74) is 3.82. The summed E-state index contributed by atoms with van der Waals surface area (Å²) < 4.78 is 0. The number of aryl methyl sites for hydroxylation is 1. The van der Waals surface area contributed by atoms with Gasteiger partial charge in [-0.2, -0.15) is 0 Å². The predicted molar refractivity (Wildman–Crippen MR) is 119 cm³/mol. The number of carbonyl (C=O) groups is 1. The van der Waals surface area contributed by atoms with E-state index in [1.165, 1.54) is 5.56 Å². The third kappa shape index (κ3) is 3.61. The van der Waals surface area contributed by atoms with Crippen molar-refractivity contribution in [2.75, 3.05) is 47.4 Å². The highest BCUT2D eigenvalue weighted by Gasteiger charge is 2.25. The third-order valence-electron chi connectivity index (χ3n) is 5.94. The highest BCUT2D eigenvalue weighted by atomic mass is 16.2. The van der Waals surface area contributed by atoms with Gasteiger partial charge in [-0.15, -0.1) is 0 Å². The molecule has 2 aliphatic heterocycles. The Morgan fingerprint density at radius 1 is 0.800 bits per heavy atom. The fourth-order valence-electron chi connectivity index (χ4n) is 4.35. The second kappa shape index (κ2) is 8.14. The minimum Gasteiger partial charge on any atom is -0.368 e. The third-order valence-corrected chi connectivity index (χ3v) is 5.94. The van der Waals surface area contributed by atoms with Crippen LogP contribution in [0, 0.1) is 0 Å². The van der Waals surface area contributed by atoms with E-state index in [-0.39, 0.29) is 5.91 Å². The number of benzene rings is 1. The Kier molecular flexibility index (Phi) is 5.05.